The molecule has 0 aliphatic carbocycles. The Bertz CT molecular complexity index is 907. The van der Waals surface area contributed by atoms with E-state index in [2.05, 4.69) is 5.32 Å². The Morgan fingerprint density at radius 3 is 2.43 bits per heavy atom. The van der Waals surface area contributed by atoms with Crippen molar-refractivity contribution in [1.29, 1.82) is 0 Å². The van der Waals surface area contributed by atoms with Gasteiger partial charge in [-0.2, -0.15) is 0 Å². The van der Waals surface area contributed by atoms with Gasteiger partial charge in [0.15, 0.2) is 0 Å². The SMILES string of the molecule is Cn1c(=O)n(CC(=O)NCc2ccc(O)cc2)c2ccccc21. The number of carbonyl (C=O) groups is 1. The maximum Gasteiger partial charge on any atom is 0.329 e. The summed E-state index contributed by atoms with van der Waals surface area (Å²) in [5, 5.41) is 12.0. The highest BCUT2D eigenvalue weighted by atomic mass is 16.3. The van der Waals surface area contributed by atoms with Crippen LogP contribution in [0.25, 0.3) is 11.0 Å². The number of fused-ring (bicyclic) bond motifs is 1. The monoisotopic (exact) mass is 311 g/mol. The fourth-order valence-electron chi connectivity index (χ4n) is 2.53. The molecule has 1 heterocycles. The fraction of sp³-hybridized carbons (Fsp3) is 0.176. The number of amides is 1. The molecule has 0 aliphatic heterocycles. The van der Waals surface area contributed by atoms with Gasteiger partial charge in [-0.25, -0.2) is 4.79 Å². The molecular formula is C17H17N3O3. The lowest BCUT2D eigenvalue weighted by Gasteiger charge is -2.06. The van der Waals surface area contributed by atoms with E-state index in [0.717, 1.165) is 16.6 Å². The number of aromatic hydroxyl groups is 1. The standard InChI is InChI=1S/C17H17N3O3/c1-19-14-4-2-3-5-15(14)20(17(19)23)11-16(22)18-10-12-6-8-13(21)9-7-12/h2-9,21H,10-11H2,1H3,(H,18,22). The minimum Gasteiger partial charge on any atom is -0.508 e. The molecule has 0 aliphatic rings. The third-order valence-electron chi connectivity index (χ3n) is 3.78. The Hall–Kier alpha value is -3.02. The third kappa shape index (κ3) is 2.96. The first kappa shape index (κ1) is 14.9. The number of benzene rings is 2. The number of aryl methyl sites for hydroxylation is 1. The smallest absolute Gasteiger partial charge is 0.329 e. The van der Waals surface area contributed by atoms with Crippen molar-refractivity contribution in [3.05, 3.63) is 64.6 Å². The molecule has 1 aromatic heterocycles. The normalized spacial score (nSPS) is 10.8. The zero-order valence-electron chi connectivity index (χ0n) is 12.7. The Morgan fingerprint density at radius 2 is 1.74 bits per heavy atom. The molecule has 0 bridgehead atoms. The number of imidazole rings is 1. The molecule has 0 fully saturated rings. The summed E-state index contributed by atoms with van der Waals surface area (Å²) < 4.78 is 2.99. The lowest BCUT2D eigenvalue weighted by Crippen LogP contribution is -2.32. The number of rotatable bonds is 4. The van der Waals surface area contributed by atoms with Crippen LogP contribution in [0.4, 0.5) is 0 Å². The van der Waals surface area contributed by atoms with Gasteiger partial charge < -0.3 is 10.4 Å². The van der Waals surface area contributed by atoms with Crippen molar-refractivity contribution >= 4 is 16.9 Å². The highest BCUT2D eigenvalue weighted by Crippen LogP contribution is 2.11. The van der Waals surface area contributed by atoms with E-state index in [-0.39, 0.29) is 23.9 Å². The summed E-state index contributed by atoms with van der Waals surface area (Å²) in [4.78, 5) is 24.4. The van der Waals surface area contributed by atoms with E-state index in [1.807, 2.05) is 24.3 Å². The maximum absolute atomic E-state index is 12.3. The average molecular weight is 311 g/mol. The predicted molar refractivity (Wildman–Crippen MR) is 87.1 cm³/mol. The average Bonchev–Trinajstić information content (AvgIpc) is 2.80. The molecule has 23 heavy (non-hydrogen) atoms. The van der Waals surface area contributed by atoms with Gasteiger partial charge in [-0.1, -0.05) is 24.3 Å². The van der Waals surface area contributed by atoms with E-state index >= 15 is 0 Å². The molecule has 0 atom stereocenters. The van der Waals surface area contributed by atoms with Crippen molar-refractivity contribution < 1.29 is 9.90 Å². The minimum absolute atomic E-state index is 0.0295. The molecule has 0 saturated heterocycles. The lowest BCUT2D eigenvalue weighted by atomic mass is 10.2. The first-order chi connectivity index (χ1) is 11.1. The summed E-state index contributed by atoms with van der Waals surface area (Å²) in [5.41, 5.74) is 2.19. The number of para-hydroxylation sites is 2. The van der Waals surface area contributed by atoms with Crippen LogP contribution in [0.1, 0.15) is 5.56 Å². The number of phenolic OH excluding ortho intramolecular Hbond substituents is 1. The first-order valence-corrected chi connectivity index (χ1v) is 7.25. The van der Waals surface area contributed by atoms with Crippen LogP contribution in [-0.2, 0) is 24.9 Å². The van der Waals surface area contributed by atoms with Crippen LogP contribution in [0.15, 0.2) is 53.3 Å². The molecule has 0 saturated carbocycles. The van der Waals surface area contributed by atoms with Crippen molar-refractivity contribution in [3.63, 3.8) is 0 Å². The summed E-state index contributed by atoms with van der Waals surface area (Å²) in [6, 6.07) is 14.0. The summed E-state index contributed by atoms with van der Waals surface area (Å²) in [5.74, 6) is -0.0566. The Labute approximate surface area is 132 Å². The second kappa shape index (κ2) is 6.00. The Balaban J connectivity index is 1.74. The van der Waals surface area contributed by atoms with Crippen molar-refractivity contribution in [2.75, 3.05) is 0 Å². The van der Waals surface area contributed by atoms with Crippen molar-refractivity contribution in [1.82, 2.24) is 14.5 Å². The molecule has 6 heteroatoms. The second-order valence-corrected chi connectivity index (χ2v) is 5.36. The molecule has 0 unspecified atom stereocenters. The number of phenols is 1. The number of hydrogen-bond donors (Lipinski definition) is 2. The van der Waals surface area contributed by atoms with Gasteiger partial charge >= 0.3 is 5.69 Å². The molecular weight excluding hydrogens is 294 g/mol. The third-order valence-corrected chi connectivity index (χ3v) is 3.78. The van der Waals surface area contributed by atoms with Crippen LogP contribution < -0.4 is 11.0 Å². The van der Waals surface area contributed by atoms with E-state index < -0.39 is 0 Å². The van der Waals surface area contributed by atoms with Crippen molar-refractivity contribution in [2.45, 2.75) is 13.1 Å². The zero-order valence-corrected chi connectivity index (χ0v) is 12.7. The van der Waals surface area contributed by atoms with Crippen molar-refractivity contribution in [2.24, 2.45) is 7.05 Å². The van der Waals surface area contributed by atoms with Crippen LogP contribution in [0, 0.1) is 0 Å². The highest BCUT2D eigenvalue weighted by molar-refractivity contribution is 5.80. The van der Waals surface area contributed by atoms with Gasteiger partial charge in [0.2, 0.25) is 5.91 Å². The van der Waals surface area contributed by atoms with E-state index in [1.54, 1.807) is 31.3 Å². The number of nitrogens with zero attached hydrogens (tertiary/aromatic N) is 2. The van der Waals surface area contributed by atoms with Crippen LogP contribution in [0.5, 0.6) is 5.75 Å². The fourth-order valence-corrected chi connectivity index (χ4v) is 2.53. The van der Waals surface area contributed by atoms with Gasteiger partial charge in [0, 0.05) is 13.6 Å². The quantitative estimate of drug-likeness (QED) is 0.764. The van der Waals surface area contributed by atoms with Gasteiger partial charge in [0.25, 0.3) is 0 Å². The highest BCUT2D eigenvalue weighted by Gasteiger charge is 2.12. The summed E-state index contributed by atoms with van der Waals surface area (Å²) in [6.45, 7) is 0.316. The van der Waals surface area contributed by atoms with Gasteiger partial charge in [0.05, 0.1) is 11.0 Å². The van der Waals surface area contributed by atoms with Gasteiger partial charge in [-0.3, -0.25) is 13.9 Å². The second-order valence-electron chi connectivity index (χ2n) is 5.36. The number of aromatic nitrogens is 2. The topological polar surface area (TPSA) is 76.3 Å². The van der Waals surface area contributed by atoms with Gasteiger partial charge in [0.1, 0.15) is 12.3 Å². The molecule has 0 spiro atoms. The summed E-state index contributed by atoms with van der Waals surface area (Å²) >= 11 is 0. The maximum atomic E-state index is 12.3. The Kier molecular flexibility index (Phi) is 3.89. The van der Waals surface area contributed by atoms with E-state index in [9.17, 15) is 14.7 Å². The van der Waals surface area contributed by atoms with Gasteiger partial charge in [-0.05, 0) is 29.8 Å². The van der Waals surface area contributed by atoms with E-state index in [0.29, 0.717) is 6.54 Å². The number of nitrogens with one attached hydrogen (secondary N) is 1. The Morgan fingerprint density at radius 1 is 1.09 bits per heavy atom. The van der Waals surface area contributed by atoms with Crippen LogP contribution in [-0.4, -0.2) is 20.1 Å². The zero-order chi connectivity index (χ0) is 16.4. The van der Waals surface area contributed by atoms with Crippen molar-refractivity contribution in [3.8, 4) is 5.75 Å². The number of carbonyl (C=O) groups excluding carboxylic acids is 1. The predicted octanol–water partition coefficient (Wildman–Crippen LogP) is 1.36. The molecule has 6 nitrogen and oxygen atoms in total. The van der Waals surface area contributed by atoms with Gasteiger partial charge in [-0.15, -0.1) is 0 Å². The molecule has 118 valence electrons. The lowest BCUT2D eigenvalue weighted by molar-refractivity contribution is -0.121. The molecule has 0 radical (unpaired) electrons. The number of hydrogen-bond acceptors (Lipinski definition) is 3. The van der Waals surface area contributed by atoms with E-state index in [4.69, 9.17) is 0 Å². The molecule has 2 aromatic carbocycles. The summed E-state index contributed by atoms with van der Waals surface area (Å²) in [6.07, 6.45) is 0. The minimum atomic E-state index is -0.239. The first-order valence-electron chi connectivity index (χ1n) is 7.25. The molecule has 3 rings (SSSR count). The van der Waals surface area contributed by atoms with Crippen LogP contribution >= 0.6 is 0 Å². The largest absolute Gasteiger partial charge is 0.508 e. The van der Waals surface area contributed by atoms with E-state index in [1.165, 1.54) is 9.13 Å². The van der Waals surface area contributed by atoms with Crippen LogP contribution in [0.3, 0.4) is 0 Å². The summed E-state index contributed by atoms with van der Waals surface area (Å²) in [7, 11) is 1.69. The van der Waals surface area contributed by atoms with Crippen LogP contribution in [0.2, 0.25) is 0 Å². The molecule has 2 N–H and O–H groups in total. The molecule has 1 amide bonds. The molecule has 3 aromatic rings.